The van der Waals surface area contributed by atoms with Gasteiger partial charge in [-0.1, -0.05) is 38.1 Å². The van der Waals surface area contributed by atoms with E-state index >= 15 is 0 Å². The van der Waals surface area contributed by atoms with Gasteiger partial charge < -0.3 is 10.2 Å². The summed E-state index contributed by atoms with van der Waals surface area (Å²) in [5.74, 6) is 0.00582. The standard InChI is InChI=1S/C23H31NO5S/c1-21(2)16-8-10-23(21,18(25)13-16)14-30(28,29)24-12-11-22(19(26)20(24)27)9-7-15-5-3-4-6-17(15)22/h3-6,16,19-20,26-27H,7-14H2,1-2H3/t16-,19?,20?,22?,23-/m1/s1. The fraction of sp³-hybridized carbons (Fsp3) is 0.696. The van der Waals surface area contributed by atoms with Gasteiger partial charge in [0, 0.05) is 23.8 Å². The maximum atomic E-state index is 13.5. The monoisotopic (exact) mass is 433 g/mol. The van der Waals surface area contributed by atoms with E-state index in [-0.39, 0.29) is 29.4 Å². The zero-order valence-electron chi connectivity index (χ0n) is 17.7. The van der Waals surface area contributed by atoms with Gasteiger partial charge in [0.15, 0.2) is 0 Å². The van der Waals surface area contributed by atoms with Crippen LogP contribution in [0.3, 0.4) is 0 Å². The highest BCUT2D eigenvalue weighted by Gasteiger charge is 2.66. The number of carbonyl (C=O) groups excluding carboxylic acids is 1. The van der Waals surface area contributed by atoms with E-state index in [0.717, 1.165) is 28.3 Å². The number of fused-ring (bicyclic) bond motifs is 4. The molecule has 2 saturated carbocycles. The molecule has 6 nitrogen and oxygen atoms in total. The molecule has 1 spiro atoms. The lowest BCUT2D eigenvalue weighted by Crippen LogP contribution is -2.61. The van der Waals surface area contributed by atoms with Crippen LogP contribution in [0, 0.1) is 16.7 Å². The lowest BCUT2D eigenvalue weighted by atomic mass is 9.70. The van der Waals surface area contributed by atoms with Crippen molar-refractivity contribution in [1.82, 2.24) is 4.31 Å². The number of benzene rings is 1. The second-order valence-electron chi connectivity index (χ2n) is 10.5. The number of aryl methyl sites for hydroxylation is 1. The van der Waals surface area contributed by atoms with Crippen LogP contribution in [0.25, 0.3) is 0 Å². The van der Waals surface area contributed by atoms with Crippen LogP contribution in [0.15, 0.2) is 24.3 Å². The Balaban J connectivity index is 1.43. The van der Waals surface area contributed by atoms with Gasteiger partial charge in [0.25, 0.3) is 0 Å². The molecule has 7 heteroatoms. The van der Waals surface area contributed by atoms with E-state index in [4.69, 9.17) is 0 Å². The number of ketones is 1. The summed E-state index contributed by atoms with van der Waals surface area (Å²) in [4.78, 5) is 12.8. The number of hydrogen-bond acceptors (Lipinski definition) is 5. The molecule has 1 aromatic carbocycles. The molecule has 0 aromatic heterocycles. The van der Waals surface area contributed by atoms with Gasteiger partial charge in [-0.25, -0.2) is 8.42 Å². The van der Waals surface area contributed by atoms with Crippen LogP contribution in [0.5, 0.6) is 0 Å². The molecule has 1 aliphatic heterocycles. The van der Waals surface area contributed by atoms with Crippen molar-refractivity contribution >= 4 is 15.8 Å². The minimum atomic E-state index is -3.92. The molecule has 3 fully saturated rings. The molecule has 30 heavy (non-hydrogen) atoms. The average molecular weight is 434 g/mol. The predicted octanol–water partition coefficient (Wildman–Crippen LogP) is 1.98. The second kappa shape index (κ2) is 6.37. The average Bonchev–Trinajstić information content (AvgIpc) is 3.23. The Labute approximate surface area is 178 Å². The number of aliphatic hydroxyl groups excluding tert-OH is 2. The summed E-state index contributed by atoms with van der Waals surface area (Å²) in [5.41, 5.74) is 0.340. The zero-order valence-corrected chi connectivity index (χ0v) is 18.5. The number of Topliss-reactive ketones (excluding diaryl/α,β-unsaturated/α-hetero) is 1. The Bertz CT molecular complexity index is 1000. The molecule has 5 atom stereocenters. The highest BCUT2D eigenvalue weighted by molar-refractivity contribution is 7.89. The molecule has 0 radical (unpaired) electrons. The second-order valence-corrected chi connectivity index (χ2v) is 12.4. The molecule has 5 rings (SSSR count). The van der Waals surface area contributed by atoms with Gasteiger partial charge in [0.1, 0.15) is 18.1 Å². The van der Waals surface area contributed by atoms with E-state index in [1.807, 2.05) is 38.1 Å². The summed E-state index contributed by atoms with van der Waals surface area (Å²) in [7, 11) is -3.92. The van der Waals surface area contributed by atoms with E-state index in [9.17, 15) is 23.4 Å². The Morgan fingerprint density at radius 1 is 1.13 bits per heavy atom. The number of sulfonamides is 1. The smallest absolute Gasteiger partial charge is 0.217 e. The molecule has 2 N–H and O–H groups in total. The van der Waals surface area contributed by atoms with E-state index in [1.165, 1.54) is 0 Å². The summed E-state index contributed by atoms with van der Waals surface area (Å²) in [5, 5.41) is 22.1. The first-order valence-electron chi connectivity index (χ1n) is 11.0. The molecule has 4 aliphatic rings. The molecule has 164 valence electrons. The minimum Gasteiger partial charge on any atom is -0.388 e. The quantitative estimate of drug-likeness (QED) is 0.760. The van der Waals surface area contributed by atoms with Crippen molar-refractivity contribution < 1.29 is 23.4 Å². The van der Waals surface area contributed by atoms with Gasteiger partial charge in [0.05, 0.1) is 5.75 Å². The molecule has 1 heterocycles. The topological polar surface area (TPSA) is 94.9 Å². The van der Waals surface area contributed by atoms with Crippen molar-refractivity contribution in [3.8, 4) is 0 Å². The number of nitrogens with zero attached hydrogens (tertiary/aromatic N) is 1. The van der Waals surface area contributed by atoms with Crippen LogP contribution in [-0.2, 0) is 26.7 Å². The Morgan fingerprint density at radius 2 is 1.87 bits per heavy atom. The lowest BCUT2D eigenvalue weighted by molar-refractivity contribution is -0.128. The molecule has 3 aliphatic carbocycles. The molecule has 1 saturated heterocycles. The lowest BCUT2D eigenvalue weighted by Gasteiger charge is -2.47. The number of hydrogen-bond donors (Lipinski definition) is 2. The summed E-state index contributed by atoms with van der Waals surface area (Å²) in [6.07, 6.45) is 1.22. The van der Waals surface area contributed by atoms with Gasteiger partial charge >= 0.3 is 0 Å². The van der Waals surface area contributed by atoms with Crippen molar-refractivity contribution in [3.05, 3.63) is 35.4 Å². The highest BCUT2D eigenvalue weighted by atomic mass is 32.2. The van der Waals surface area contributed by atoms with Crippen LogP contribution >= 0.6 is 0 Å². The third-order valence-corrected chi connectivity index (χ3v) is 11.2. The SMILES string of the molecule is CC1(C)[C@@H]2CC[C@@]1(CS(=O)(=O)N1CCC3(CCc4ccccc43)C(O)C1O)C(=O)C2. The molecular weight excluding hydrogens is 402 g/mol. The third kappa shape index (κ3) is 2.46. The van der Waals surface area contributed by atoms with Gasteiger partial charge in [-0.2, -0.15) is 4.31 Å². The van der Waals surface area contributed by atoms with Gasteiger partial charge in [-0.3, -0.25) is 4.79 Å². The fourth-order valence-corrected chi connectivity index (χ4v) is 9.40. The Morgan fingerprint density at radius 3 is 2.53 bits per heavy atom. The first-order chi connectivity index (χ1) is 14.1. The van der Waals surface area contributed by atoms with Gasteiger partial charge in [0.2, 0.25) is 10.0 Å². The Kier molecular flexibility index (Phi) is 4.38. The third-order valence-electron chi connectivity index (χ3n) is 9.24. The van der Waals surface area contributed by atoms with Crippen LogP contribution in [0.4, 0.5) is 0 Å². The number of rotatable bonds is 3. The molecule has 0 amide bonds. The van der Waals surface area contributed by atoms with E-state index < -0.39 is 33.2 Å². The van der Waals surface area contributed by atoms with Crippen LogP contribution in [-0.4, -0.2) is 53.3 Å². The summed E-state index contributed by atoms with van der Waals surface area (Å²) in [6, 6.07) is 7.92. The molecular formula is C23H31NO5S. The fourth-order valence-electron chi connectivity index (χ4n) is 7.12. The zero-order chi connectivity index (χ0) is 21.5. The van der Waals surface area contributed by atoms with Gasteiger partial charge in [-0.15, -0.1) is 0 Å². The largest absolute Gasteiger partial charge is 0.388 e. The molecule has 2 bridgehead atoms. The summed E-state index contributed by atoms with van der Waals surface area (Å²) in [6.45, 7) is 4.18. The van der Waals surface area contributed by atoms with Crippen molar-refractivity contribution in [3.63, 3.8) is 0 Å². The molecule has 1 aromatic rings. The maximum absolute atomic E-state index is 13.5. The highest BCUT2D eigenvalue weighted by Crippen LogP contribution is 2.64. The van der Waals surface area contributed by atoms with Crippen molar-refractivity contribution in [2.45, 2.75) is 70.1 Å². The summed E-state index contributed by atoms with van der Waals surface area (Å²) < 4.78 is 28.0. The molecule has 3 unspecified atom stereocenters. The normalized spacial score (nSPS) is 40.3. The summed E-state index contributed by atoms with van der Waals surface area (Å²) >= 11 is 0. The van der Waals surface area contributed by atoms with Crippen molar-refractivity contribution in [1.29, 1.82) is 0 Å². The Hall–Kier alpha value is -1.28. The van der Waals surface area contributed by atoms with Gasteiger partial charge in [-0.05, 0) is 54.6 Å². The first-order valence-corrected chi connectivity index (χ1v) is 12.6. The predicted molar refractivity (Wildman–Crippen MR) is 112 cm³/mol. The first kappa shape index (κ1) is 20.6. The minimum absolute atomic E-state index is 0.0422. The van der Waals surface area contributed by atoms with Crippen LogP contribution < -0.4 is 0 Å². The number of carbonyl (C=O) groups is 1. The maximum Gasteiger partial charge on any atom is 0.217 e. The number of aliphatic hydroxyl groups is 2. The van der Waals surface area contributed by atoms with E-state index in [0.29, 0.717) is 25.7 Å². The van der Waals surface area contributed by atoms with E-state index in [1.54, 1.807) is 0 Å². The number of piperidine rings is 1. The van der Waals surface area contributed by atoms with E-state index in [2.05, 4.69) is 0 Å². The van der Waals surface area contributed by atoms with Crippen LogP contribution in [0.2, 0.25) is 0 Å². The van der Waals surface area contributed by atoms with Crippen molar-refractivity contribution in [2.24, 2.45) is 16.7 Å². The van der Waals surface area contributed by atoms with Crippen molar-refractivity contribution in [2.75, 3.05) is 12.3 Å². The van der Waals surface area contributed by atoms with Crippen LogP contribution in [0.1, 0.15) is 57.1 Å².